The van der Waals surface area contributed by atoms with Crippen LogP contribution in [0.4, 0.5) is 0 Å². The van der Waals surface area contributed by atoms with Crippen molar-refractivity contribution < 1.29 is 102 Å². The third-order valence-corrected chi connectivity index (χ3v) is 0. The Morgan fingerprint density at radius 1 is 0.588 bits per heavy atom. The fraction of sp³-hybridized carbons (Fsp3) is 0. The van der Waals surface area contributed by atoms with Crippen molar-refractivity contribution in [2.45, 2.75) is 0 Å². The summed E-state index contributed by atoms with van der Waals surface area (Å²) in [6.07, 6.45) is 0. The fourth-order valence-corrected chi connectivity index (χ4v) is 0. The van der Waals surface area contributed by atoms with E-state index in [0.717, 1.165) is 0 Å². The van der Waals surface area contributed by atoms with Crippen molar-refractivity contribution in [2.24, 2.45) is 0 Å². The predicted molar refractivity (Wildman–Crippen MR) is 37.0 cm³/mol. The van der Waals surface area contributed by atoms with Gasteiger partial charge in [-0.05, 0) is 0 Å². The number of hydrogen-bond acceptors (Lipinski definition) is 9. The van der Waals surface area contributed by atoms with E-state index in [0.29, 0.717) is 0 Å². The summed E-state index contributed by atoms with van der Waals surface area (Å²) in [5.74, 6) is 0. The van der Waals surface area contributed by atoms with Crippen LogP contribution in [0, 0.1) is 0 Å². The monoisotopic (exact) mass is 378 g/mol. The minimum Gasteiger partial charge on any atom is -0.726 e. The van der Waals surface area contributed by atoms with Crippen molar-refractivity contribution in [1.29, 1.82) is 0 Å². The molecule has 0 aromatic heterocycles. The third-order valence-electron chi connectivity index (χ3n) is 0. The zero-order valence-corrected chi connectivity index (χ0v) is 15.4. The molecule has 0 radical (unpaired) electrons. The van der Waals surface area contributed by atoms with E-state index in [2.05, 4.69) is 0 Å². The molecule has 0 spiro atoms. The van der Waals surface area contributed by atoms with Gasteiger partial charge in [-0.15, -0.1) is 0 Å². The van der Waals surface area contributed by atoms with E-state index in [4.69, 9.17) is 52.6 Å². The molecule has 96 valence electrons. The molecule has 12 nitrogen and oxygen atoms in total. The summed E-state index contributed by atoms with van der Waals surface area (Å²) in [6, 6.07) is 0. The first-order chi connectivity index (χ1) is 6.00. The summed E-state index contributed by atoms with van der Waals surface area (Å²) in [7, 11) is -14.7. The van der Waals surface area contributed by atoms with Crippen molar-refractivity contribution in [1.82, 2.24) is 0 Å². The molecule has 3 N–H and O–H groups in total. The summed E-state index contributed by atoms with van der Waals surface area (Å²) >= 11 is 0. The Hall–Kier alpha value is 1.23. The first-order valence-electron chi connectivity index (χ1n) is 2.05. The molecule has 0 saturated carbocycles. The Kier molecular flexibility index (Phi) is 22.3. The van der Waals surface area contributed by atoms with E-state index < -0.39 is 31.2 Å². The summed E-state index contributed by atoms with van der Waals surface area (Å²) in [5, 5.41) is 0. The van der Waals surface area contributed by atoms with Gasteiger partial charge in [-0.1, -0.05) is 0 Å². The van der Waals surface area contributed by atoms with E-state index in [1.807, 2.05) is 0 Å². The Morgan fingerprint density at radius 2 is 0.588 bits per heavy atom. The second-order valence-electron chi connectivity index (χ2n) is 1.28. The SMILES string of the molecule is O=S(=O)([O-])O.O=S(=O)([O-])O.O=S(=O)([O-])O.[Na+].[Zn+2]. The molecule has 0 aromatic carbocycles. The molecule has 17 heavy (non-hydrogen) atoms. The van der Waals surface area contributed by atoms with Crippen molar-refractivity contribution >= 4 is 31.2 Å². The van der Waals surface area contributed by atoms with E-state index in [1.165, 1.54) is 0 Å². The van der Waals surface area contributed by atoms with E-state index in [9.17, 15) is 0 Å². The Morgan fingerprint density at radius 3 is 0.588 bits per heavy atom. The molecule has 0 saturated heterocycles. The predicted octanol–water partition coefficient (Wildman–Crippen LogP) is -5.98. The number of rotatable bonds is 0. The first-order valence-corrected chi connectivity index (χ1v) is 6.14. The summed E-state index contributed by atoms with van der Waals surface area (Å²) in [5.41, 5.74) is 0. The molecule has 0 amide bonds. The van der Waals surface area contributed by atoms with Crippen LogP contribution in [0.1, 0.15) is 0 Å². The van der Waals surface area contributed by atoms with Gasteiger partial charge in [-0.25, -0.2) is 25.3 Å². The van der Waals surface area contributed by atoms with Gasteiger partial charge in [0.25, 0.3) is 0 Å². The summed E-state index contributed by atoms with van der Waals surface area (Å²) in [6.45, 7) is 0. The molecule has 0 unspecified atom stereocenters. The molecule has 0 rings (SSSR count). The summed E-state index contributed by atoms with van der Waals surface area (Å²) < 4.78 is 98.5. The topological polar surface area (TPSA) is 232 Å². The molecular formula is H3NaO12S3Zn. The molecule has 0 heterocycles. The Bertz CT molecular complexity index is 343. The van der Waals surface area contributed by atoms with Crippen LogP contribution in [0.15, 0.2) is 0 Å². The van der Waals surface area contributed by atoms with Gasteiger partial charge in [0.15, 0.2) is 0 Å². The molecule has 17 heteroatoms. The maximum Gasteiger partial charge on any atom is 2.00 e. The second kappa shape index (κ2) is 12.3. The molecule has 0 aromatic rings. The molecule has 0 fully saturated rings. The Balaban J connectivity index is -0.0000000400. The van der Waals surface area contributed by atoms with Gasteiger partial charge in [0.2, 0.25) is 31.2 Å². The molecule has 0 aliphatic heterocycles. The minimum atomic E-state index is -4.92. The molecule has 0 aliphatic carbocycles. The van der Waals surface area contributed by atoms with Crippen LogP contribution in [-0.4, -0.2) is 52.6 Å². The standard InChI is InChI=1S/Na.3H2O4S.Zn/c;3*1-5(2,3)4;/h;3*(H2,1,2,3,4);/q+1;;;;+2/p-3. The zero-order valence-electron chi connectivity index (χ0n) is 7.95. The van der Waals surface area contributed by atoms with Gasteiger partial charge >= 0.3 is 49.0 Å². The van der Waals surface area contributed by atoms with Crippen molar-refractivity contribution in [2.75, 3.05) is 0 Å². The van der Waals surface area contributed by atoms with Crippen LogP contribution in [0.5, 0.6) is 0 Å². The van der Waals surface area contributed by atoms with Crippen LogP contribution in [0.25, 0.3) is 0 Å². The van der Waals surface area contributed by atoms with Crippen LogP contribution in [-0.2, 0) is 50.7 Å². The third kappa shape index (κ3) is 2630. The average Bonchev–Trinajstić information content (AvgIpc) is 1.41. The van der Waals surface area contributed by atoms with E-state index in [1.54, 1.807) is 0 Å². The largest absolute Gasteiger partial charge is 2.00 e. The maximum absolute atomic E-state index is 8.63. The smallest absolute Gasteiger partial charge is 0.726 e. The van der Waals surface area contributed by atoms with Gasteiger partial charge in [0, 0.05) is 0 Å². The van der Waals surface area contributed by atoms with E-state index in [-0.39, 0.29) is 49.0 Å². The van der Waals surface area contributed by atoms with Crippen LogP contribution >= 0.6 is 0 Å². The van der Waals surface area contributed by atoms with Crippen LogP contribution in [0.2, 0.25) is 0 Å². The van der Waals surface area contributed by atoms with Crippen molar-refractivity contribution in [3.8, 4) is 0 Å². The van der Waals surface area contributed by atoms with Gasteiger partial charge < -0.3 is 13.7 Å². The number of hydrogen-bond donors (Lipinski definition) is 3. The fourth-order valence-electron chi connectivity index (χ4n) is 0. The van der Waals surface area contributed by atoms with Crippen LogP contribution < -0.4 is 29.6 Å². The van der Waals surface area contributed by atoms with Crippen molar-refractivity contribution in [3.63, 3.8) is 0 Å². The van der Waals surface area contributed by atoms with Gasteiger partial charge in [0.05, 0.1) is 0 Å². The minimum absolute atomic E-state index is 0. The normalized spacial score (nSPS) is 10.2. The van der Waals surface area contributed by atoms with Crippen LogP contribution in [0.3, 0.4) is 0 Å². The first kappa shape index (κ1) is 30.9. The molecule has 0 bridgehead atoms. The van der Waals surface area contributed by atoms with Crippen molar-refractivity contribution in [3.05, 3.63) is 0 Å². The van der Waals surface area contributed by atoms with Gasteiger partial charge in [-0.2, -0.15) is 0 Å². The molecular weight excluding hydrogens is 377 g/mol. The van der Waals surface area contributed by atoms with E-state index >= 15 is 0 Å². The average molecular weight is 380 g/mol. The van der Waals surface area contributed by atoms with Gasteiger partial charge in [-0.3, -0.25) is 13.7 Å². The molecule has 0 aliphatic rings. The molecule has 0 atom stereocenters. The zero-order chi connectivity index (χ0) is 13.5. The van der Waals surface area contributed by atoms with Gasteiger partial charge in [0.1, 0.15) is 0 Å². The maximum atomic E-state index is 8.63. The second-order valence-corrected chi connectivity index (χ2v) is 3.85. The Labute approximate surface area is 132 Å². The quantitative estimate of drug-likeness (QED) is 0.203. The summed E-state index contributed by atoms with van der Waals surface area (Å²) in [4.78, 5) is 0.